The van der Waals surface area contributed by atoms with Crippen molar-refractivity contribution in [1.82, 2.24) is 0 Å². The van der Waals surface area contributed by atoms with Crippen LogP contribution in [0.4, 0.5) is 0 Å². The third-order valence-electron chi connectivity index (χ3n) is 1.54. The minimum Gasteiger partial charge on any atom is -0.169 e. The molecule has 0 nitrogen and oxygen atoms in total. The van der Waals surface area contributed by atoms with E-state index in [2.05, 4.69) is 0 Å². The minimum absolute atomic E-state index is 0.557. The molecule has 0 spiro atoms. The molecule has 0 N–H and O–H groups in total. The Bertz CT molecular complexity index is 244. The lowest BCUT2D eigenvalue weighted by atomic mass is 10.1. The van der Waals surface area contributed by atoms with Gasteiger partial charge in [-0.2, -0.15) is 11.8 Å². The number of halogens is 3. The quantitative estimate of drug-likeness (QED) is 0.691. The van der Waals surface area contributed by atoms with Crippen LogP contribution in [0.1, 0.15) is 12.0 Å². The van der Waals surface area contributed by atoms with E-state index in [1.54, 1.807) is 11.8 Å². The van der Waals surface area contributed by atoms with Crippen molar-refractivity contribution in [3.05, 3.63) is 35.9 Å². The molecule has 0 amide bonds. The third kappa shape index (κ3) is 10.7. The molecular weight excluding hydrogens is 271 g/mol. The fraction of sp³-hybridized carbons (Fsp3) is 0.455. The minimum atomic E-state index is -1.13. The topological polar surface area (TPSA) is 0 Å². The maximum atomic E-state index is 5.61. The highest BCUT2D eigenvalue weighted by molar-refractivity contribution is 7.97. The van der Waals surface area contributed by atoms with Crippen molar-refractivity contribution in [3.63, 3.8) is 0 Å². The van der Waals surface area contributed by atoms with Crippen molar-refractivity contribution in [2.45, 2.75) is 16.6 Å². The van der Waals surface area contributed by atoms with Crippen molar-refractivity contribution in [3.8, 4) is 0 Å². The maximum Gasteiger partial charge on any atom is 0.190 e. The molecular formula is C11H15Cl3S. The summed E-state index contributed by atoms with van der Waals surface area (Å²) >= 11 is 18.6. The molecule has 15 heavy (non-hydrogen) atoms. The Hall–Kier alpha value is 0.440. The van der Waals surface area contributed by atoms with Gasteiger partial charge in [-0.1, -0.05) is 65.1 Å². The molecule has 0 aliphatic heterocycles. The van der Waals surface area contributed by atoms with Gasteiger partial charge in [0.25, 0.3) is 0 Å². The first-order valence-corrected chi connectivity index (χ1v) is 7.27. The molecule has 0 heterocycles. The molecule has 1 rings (SSSR count). The highest BCUT2D eigenvalue weighted by Gasteiger charge is 2.18. The molecule has 0 saturated heterocycles. The van der Waals surface area contributed by atoms with Gasteiger partial charge in [0.05, 0.1) is 0 Å². The summed E-state index contributed by atoms with van der Waals surface area (Å²) in [5, 5.41) is 0. The van der Waals surface area contributed by atoms with Crippen LogP contribution in [0.3, 0.4) is 0 Å². The number of alkyl halides is 3. The number of thioether (sulfide) groups is 1. The molecule has 0 aromatic heterocycles. The number of aryl methyl sites for hydroxylation is 1. The second-order valence-corrected chi connectivity index (χ2v) is 6.34. The highest BCUT2D eigenvalue weighted by atomic mass is 35.6. The Balaban J connectivity index is 0.000000583. The van der Waals surface area contributed by atoms with Gasteiger partial charge in [-0.05, 0) is 30.9 Å². The van der Waals surface area contributed by atoms with E-state index in [1.165, 1.54) is 5.56 Å². The lowest BCUT2D eigenvalue weighted by molar-refractivity contribution is 0.852. The van der Waals surface area contributed by atoms with Crippen LogP contribution >= 0.6 is 46.6 Å². The van der Waals surface area contributed by atoms with Crippen LogP contribution in [-0.4, -0.2) is 16.3 Å². The number of hydrogen-bond donors (Lipinski definition) is 0. The van der Waals surface area contributed by atoms with E-state index in [1.807, 2.05) is 42.8 Å². The Kier molecular flexibility index (Phi) is 8.83. The first kappa shape index (κ1) is 15.4. The van der Waals surface area contributed by atoms with Crippen LogP contribution in [-0.2, 0) is 6.42 Å². The predicted molar refractivity (Wildman–Crippen MR) is 74.5 cm³/mol. The normalized spacial score (nSPS) is 10.5. The lowest BCUT2D eigenvalue weighted by Gasteiger charge is -2.09. The van der Waals surface area contributed by atoms with Crippen LogP contribution in [0.5, 0.6) is 0 Å². The van der Waals surface area contributed by atoms with Crippen molar-refractivity contribution < 1.29 is 0 Å². The Morgan fingerprint density at radius 2 is 1.53 bits per heavy atom. The van der Waals surface area contributed by atoms with Crippen LogP contribution in [0, 0.1) is 0 Å². The molecule has 0 aliphatic carbocycles. The molecule has 0 aliphatic rings. The van der Waals surface area contributed by atoms with E-state index in [0.717, 1.165) is 6.42 Å². The van der Waals surface area contributed by atoms with E-state index in [4.69, 9.17) is 34.8 Å². The molecule has 0 saturated carbocycles. The van der Waals surface area contributed by atoms with E-state index in [0.29, 0.717) is 6.42 Å². The Morgan fingerprint density at radius 3 is 1.93 bits per heavy atom. The number of benzene rings is 1. The van der Waals surface area contributed by atoms with E-state index < -0.39 is 3.79 Å². The first-order valence-electron chi connectivity index (χ1n) is 4.50. The summed E-state index contributed by atoms with van der Waals surface area (Å²) < 4.78 is -1.13. The molecule has 0 atom stereocenters. The van der Waals surface area contributed by atoms with Gasteiger partial charge in [0.1, 0.15) is 0 Å². The highest BCUT2D eigenvalue weighted by Crippen LogP contribution is 2.31. The van der Waals surface area contributed by atoms with Crippen LogP contribution in [0.25, 0.3) is 0 Å². The average molecular weight is 286 g/mol. The zero-order chi connectivity index (χ0) is 11.7. The molecule has 1 aromatic rings. The second-order valence-electron chi connectivity index (χ2n) is 3.01. The van der Waals surface area contributed by atoms with Crippen LogP contribution in [0.2, 0.25) is 0 Å². The van der Waals surface area contributed by atoms with E-state index >= 15 is 0 Å². The van der Waals surface area contributed by atoms with Gasteiger partial charge in [0.15, 0.2) is 3.79 Å². The molecule has 0 radical (unpaired) electrons. The zero-order valence-electron chi connectivity index (χ0n) is 8.84. The van der Waals surface area contributed by atoms with Crippen molar-refractivity contribution in [2.75, 3.05) is 12.5 Å². The second kappa shape index (κ2) is 8.58. The summed E-state index contributed by atoms with van der Waals surface area (Å²) in [7, 11) is 0. The summed E-state index contributed by atoms with van der Waals surface area (Å²) in [5.74, 6) is 0. The van der Waals surface area contributed by atoms with Crippen LogP contribution < -0.4 is 0 Å². The summed E-state index contributed by atoms with van der Waals surface area (Å²) in [6, 6.07) is 9.98. The molecule has 0 unspecified atom stereocenters. The summed E-state index contributed by atoms with van der Waals surface area (Å²) in [4.78, 5) is 0. The summed E-state index contributed by atoms with van der Waals surface area (Å²) in [6.07, 6.45) is 5.44. The monoisotopic (exact) mass is 284 g/mol. The third-order valence-corrected chi connectivity index (χ3v) is 2.11. The summed E-state index contributed by atoms with van der Waals surface area (Å²) in [5.41, 5.74) is 1.20. The van der Waals surface area contributed by atoms with E-state index in [9.17, 15) is 0 Å². The SMILES string of the molecule is CSC.ClC(Cl)(Cl)CCc1ccccc1. The van der Waals surface area contributed by atoms with Crippen LogP contribution in [0.15, 0.2) is 30.3 Å². The lowest BCUT2D eigenvalue weighted by Crippen LogP contribution is -2.03. The Labute approximate surface area is 111 Å². The molecule has 4 heteroatoms. The molecule has 0 bridgehead atoms. The fourth-order valence-electron chi connectivity index (χ4n) is 0.931. The van der Waals surface area contributed by atoms with Gasteiger partial charge in [-0.15, -0.1) is 0 Å². The van der Waals surface area contributed by atoms with Gasteiger partial charge >= 0.3 is 0 Å². The van der Waals surface area contributed by atoms with Crippen molar-refractivity contribution in [1.29, 1.82) is 0 Å². The smallest absolute Gasteiger partial charge is 0.169 e. The fourth-order valence-corrected chi connectivity index (χ4v) is 1.21. The molecule has 0 fully saturated rings. The predicted octanol–water partition coefficient (Wildman–Crippen LogP) is 4.97. The van der Waals surface area contributed by atoms with Gasteiger partial charge in [0, 0.05) is 0 Å². The van der Waals surface area contributed by atoms with Crippen molar-refractivity contribution in [2.24, 2.45) is 0 Å². The Morgan fingerprint density at radius 1 is 1.07 bits per heavy atom. The van der Waals surface area contributed by atoms with E-state index in [-0.39, 0.29) is 0 Å². The maximum absolute atomic E-state index is 5.61. The number of rotatable bonds is 2. The van der Waals surface area contributed by atoms with Gasteiger partial charge < -0.3 is 0 Å². The zero-order valence-corrected chi connectivity index (χ0v) is 11.9. The first-order chi connectivity index (χ1) is 6.99. The average Bonchev–Trinajstić information content (AvgIpc) is 2.17. The molecule has 86 valence electrons. The van der Waals surface area contributed by atoms with Crippen molar-refractivity contribution >= 4 is 46.6 Å². The molecule has 1 aromatic carbocycles. The largest absolute Gasteiger partial charge is 0.190 e. The number of hydrogen-bond acceptors (Lipinski definition) is 1. The standard InChI is InChI=1S/C9H9Cl3.C2H6S/c10-9(11,12)7-6-8-4-2-1-3-5-8;1-3-2/h1-5H,6-7H2;1-2H3. The van der Waals surface area contributed by atoms with Gasteiger partial charge in [-0.3, -0.25) is 0 Å². The van der Waals surface area contributed by atoms with Gasteiger partial charge in [0.2, 0.25) is 0 Å². The van der Waals surface area contributed by atoms with Gasteiger partial charge in [-0.25, -0.2) is 0 Å². The summed E-state index contributed by atoms with van der Waals surface area (Å²) in [6.45, 7) is 0.